The first-order chi connectivity index (χ1) is 8.81. The van der Waals surface area contributed by atoms with Crippen LogP contribution >= 0.6 is 0 Å². The summed E-state index contributed by atoms with van der Waals surface area (Å²) in [6.45, 7) is 9.13. The van der Waals surface area contributed by atoms with Crippen LogP contribution in [0.1, 0.15) is 52.4 Å². The lowest BCUT2D eigenvalue weighted by Crippen LogP contribution is -2.51. The van der Waals surface area contributed by atoms with Crippen LogP contribution in [0, 0.1) is 0 Å². The van der Waals surface area contributed by atoms with Gasteiger partial charge in [-0.2, -0.15) is 0 Å². The van der Waals surface area contributed by atoms with Gasteiger partial charge in [0.15, 0.2) is 0 Å². The van der Waals surface area contributed by atoms with E-state index in [0.717, 1.165) is 19.2 Å². The van der Waals surface area contributed by atoms with E-state index in [0.29, 0.717) is 12.1 Å². The molecule has 106 valence electrons. The number of likely N-dealkylation sites (tertiary alicyclic amines) is 1. The maximum atomic E-state index is 5.74. The van der Waals surface area contributed by atoms with Crippen LogP contribution < -0.4 is 5.32 Å². The highest BCUT2D eigenvalue weighted by atomic mass is 16.5. The van der Waals surface area contributed by atoms with Crippen LogP contribution in [-0.4, -0.2) is 49.3 Å². The molecule has 2 saturated heterocycles. The molecule has 0 amide bonds. The Morgan fingerprint density at radius 1 is 1.28 bits per heavy atom. The molecule has 0 spiro atoms. The molecule has 2 aliphatic rings. The van der Waals surface area contributed by atoms with Crippen LogP contribution in [0.2, 0.25) is 0 Å². The fourth-order valence-corrected chi connectivity index (χ4v) is 3.50. The van der Waals surface area contributed by atoms with Gasteiger partial charge >= 0.3 is 0 Å². The van der Waals surface area contributed by atoms with Crippen molar-refractivity contribution >= 4 is 0 Å². The van der Waals surface area contributed by atoms with Crippen molar-refractivity contribution in [1.82, 2.24) is 10.2 Å². The lowest BCUT2D eigenvalue weighted by molar-refractivity contribution is 0.0675. The summed E-state index contributed by atoms with van der Waals surface area (Å²) in [4.78, 5) is 2.71. The van der Waals surface area contributed by atoms with Gasteiger partial charge in [-0.05, 0) is 52.1 Å². The molecule has 0 bridgehead atoms. The molecule has 0 aromatic heterocycles. The smallest absolute Gasteiger partial charge is 0.0588 e. The van der Waals surface area contributed by atoms with Crippen molar-refractivity contribution in [2.45, 2.75) is 70.6 Å². The van der Waals surface area contributed by atoms with E-state index in [-0.39, 0.29) is 0 Å². The lowest BCUT2D eigenvalue weighted by Gasteiger charge is -2.40. The highest BCUT2D eigenvalue weighted by molar-refractivity contribution is 4.85. The summed E-state index contributed by atoms with van der Waals surface area (Å²) in [5.41, 5.74) is 0. The fourth-order valence-electron chi connectivity index (χ4n) is 3.50. The van der Waals surface area contributed by atoms with E-state index in [4.69, 9.17) is 4.74 Å². The number of ether oxygens (including phenoxy) is 1. The second-order valence-corrected chi connectivity index (χ2v) is 5.87. The van der Waals surface area contributed by atoms with Gasteiger partial charge in [0.05, 0.1) is 6.10 Å². The van der Waals surface area contributed by atoms with Gasteiger partial charge in [0.2, 0.25) is 0 Å². The van der Waals surface area contributed by atoms with Gasteiger partial charge < -0.3 is 10.1 Å². The Labute approximate surface area is 112 Å². The van der Waals surface area contributed by atoms with E-state index >= 15 is 0 Å². The van der Waals surface area contributed by atoms with Crippen LogP contribution in [-0.2, 0) is 4.74 Å². The number of likely N-dealkylation sites (N-methyl/N-ethyl adjacent to an activating group) is 1. The normalized spacial score (nSPS) is 31.7. The third-order valence-corrected chi connectivity index (χ3v) is 4.53. The largest absolute Gasteiger partial charge is 0.378 e. The maximum absolute atomic E-state index is 5.74. The molecular formula is C15H30N2O. The Morgan fingerprint density at radius 2 is 2.17 bits per heavy atom. The van der Waals surface area contributed by atoms with Crippen LogP contribution in [0.4, 0.5) is 0 Å². The molecule has 0 aromatic carbocycles. The van der Waals surface area contributed by atoms with Crippen molar-refractivity contribution in [3.63, 3.8) is 0 Å². The van der Waals surface area contributed by atoms with Crippen molar-refractivity contribution in [3.05, 3.63) is 0 Å². The average Bonchev–Trinajstić information content (AvgIpc) is 2.90. The minimum Gasteiger partial charge on any atom is -0.378 e. The van der Waals surface area contributed by atoms with Crippen LogP contribution in [0.3, 0.4) is 0 Å². The number of nitrogens with one attached hydrogen (secondary N) is 1. The van der Waals surface area contributed by atoms with Crippen LogP contribution in [0.25, 0.3) is 0 Å². The summed E-state index contributed by atoms with van der Waals surface area (Å²) in [5, 5.41) is 3.60. The van der Waals surface area contributed by atoms with Gasteiger partial charge in [-0.15, -0.1) is 0 Å². The Kier molecular flexibility index (Phi) is 5.93. The summed E-state index contributed by atoms with van der Waals surface area (Å²) in [5.74, 6) is 0. The zero-order chi connectivity index (χ0) is 12.8. The van der Waals surface area contributed by atoms with Gasteiger partial charge in [0.25, 0.3) is 0 Å². The van der Waals surface area contributed by atoms with E-state index in [9.17, 15) is 0 Å². The van der Waals surface area contributed by atoms with E-state index in [2.05, 4.69) is 24.1 Å². The first-order valence-corrected chi connectivity index (χ1v) is 7.90. The minimum absolute atomic E-state index is 0.544. The Bertz CT molecular complexity index is 229. The number of nitrogens with zero attached hydrogens (tertiary/aromatic N) is 1. The SMILES string of the molecule is CCNC(C)C1CCCCN1CCC1CCCO1. The quantitative estimate of drug-likeness (QED) is 0.788. The van der Waals surface area contributed by atoms with E-state index in [1.165, 1.54) is 51.6 Å². The molecule has 0 saturated carbocycles. The highest BCUT2D eigenvalue weighted by Gasteiger charge is 2.27. The molecule has 0 radical (unpaired) electrons. The van der Waals surface area contributed by atoms with Crippen LogP contribution in [0.5, 0.6) is 0 Å². The summed E-state index contributed by atoms with van der Waals surface area (Å²) >= 11 is 0. The number of rotatable bonds is 6. The molecule has 2 fully saturated rings. The molecule has 0 aromatic rings. The van der Waals surface area contributed by atoms with Crippen LogP contribution in [0.15, 0.2) is 0 Å². The molecule has 3 unspecified atom stereocenters. The molecule has 3 nitrogen and oxygen atoms in total. The van der Waals surface area contributed by atoms with E-state index < -0.39 is 0 Å². The fraction of sp³-hybridized carbons (Fsp3) is 1.00. The standard InChI is InChI=1S/C15H30N2O/c1-3-16-13(2)15-8-4-5-10-17(15)11-9-14-7-6-12-18-14/h13-16H,3-12H2,1-2H3. The Morgan fingerprint density at radius 3 is 2.89 bits per heavy atom. The first-order valence-electron chi connectivity index (χ1n) is 7.90. The number of hydrogen-bond acceptors (Lipinski definition) is 3. The van der Waals surface area contributed by atoms with Gasteiger partial charge in [-0.3, -0.25) is 4.90 Å². The molecule has 2 heterocycles. The Balaban J connectivity index is 1.78. The average molecular weight is 254 g/mol. The molecule has 2 rings (SSSR count). The van der Waals surface area contributed by atoms with Gasteiger partial charge in [-0.1, -0.05) is 13.3 Å². The predicted octanol–water partition coefficient (Wildman–Crippen LogP) is 2.41. The summed E-state index contributed by atoms with van der Waals surface area (Å²) in [7, 11) is 0. The molecule has 18 heavy (non-hydrogen) atoms. The molecule has 3 heteroatoms. The molecule has 0 aliphatic carbocycles. The maximum Gasteiger partial charge on any atom is 0.0588 e. The van der Waals surface area contributed by atoms with Crippen molar-refractivity contribution in [1.29, 1.82) is 0 Å². The summed E-state index contributed by atoms with van der Waals surface area (Å²) < 4.78 is 5.74. The second kappa shape index (κ2) is 7.46. The third-order valence-electron chi connectivity index (χ3n) is 4.53. The first kappa shape index (κ1) is 14.3. The number of piperidine rings is 1. The monoisotopic (exact) mass is 254 g/mol. The third kappa shape index (κ3) is 3.94. The van der Waals surface area contributed by atoms with Crippen molar-refractivity contribution in [2.75, 3.05) is 26.2 Å². The zero-order valence-corrected chi connectivity index (χ0v) is 12.2. The topological polar surface area (TPSA) is 24.5 Å². The van der Waals surface area contributed by atoms with E-state index in [1.54, 1.807) is 0 Å². The minimum atomic E-state index is 0.544. The molecular weight excluding hydrogens is 224 g/mol. The molecule has 1 N–H and O–H groups in total. The van der Waals surface area contributed by atoms with Crippen molar-refractivity contribution in [3.8, 4) is 0 Å². The van der Waals surface area contributed by atoms with Gasteiger partial charge in [-0.25, -0.2) is 0 Å². The van der Waals surface area contributed by atoms with E-state index in [1.807, 2.05) is 0 Å². The second-order valence-electron chi connectivity index (χ2n) is 5.87. The molecule has 3 atom stereocenters. The Hall–Kier alpha value is -0.120. The lowest BCUT2D eigenvalue weighted by atomic mass is 9.96. The zero-order valence-electron chi connectivity index (χ0n) is 12.2. The number of hydrogen-bond donors (Lipinski definition) is 1. The molecule has 2 aliphatic heterocycles. The van der Waals surface area contributed by atoms with Crippen molar-refractivity contribution in [2.24, 2.45) is 0 Å². The van der Waals surface area contributed by atoms with Crippen molar-refractivity contribution < 1.29 is 4.74 Å². The summed E-state index contributed by atoms with van der Waals surface area (Å²) in [6.07, 6.45) is 8.46. The summed E-state index contributed by atoms with van der Waals surface area (Å²) in [6, 6.07) is 1.36. The highest BCUT2D eigenvalue weighted by Crippen LogP contribution is 2.22. The van der Waals surface area contributed by atoms with Gasteiger partial charge in [0.1, 0.15) is 0 Å². The van der Waals surface area contributed by atoms with Gasteiger partial charge in [0, 0.05) is 25.2 Å². The predicted molar refractivity (Wildman–Crippen MR) is 75.9 cm³/mol.